The van der Waals surface area contributed by atoms with Gasteiger partial charge in [0.2, 0.25) is 11.8 Å². The van der Waals surface area contributed by atoms with Crippen molar-refractivity contribution in [3.63, 3.8) is 0 Å². The molecule has 3 amide bonds. The highest BCUT2D eigenvalue weighted by atomic mass is 35.5. The molecule has 32 heavy (non-hydrogen) atoms. The molecule has 1 saturated heterocycles. The molecule has 162 valence electrons. The second-order valence-corrected chi connectivity index (χ2v) is 8.83. The molecule has 0 saturated carbocycles. The van der Waals surface area contributed by atoms with Gasteiger partial charge in [-0.1, -0.05) is 29.3 Å². The Bertz CT molecular complexity index is 1280. The molecular weight excluding hydrogens is 451 g/mol. The number of carbonyl (C=O) groups excluding carboxylic acids is 3. The van der Waals surface area contributed by atoms with Crippen LogP contribution in [0.4, 0.5) is 0 Å². The van der Waals surface area contributed by atoms with Gasteiger partial charge < -0.3 is 4.90 Å². The van der Waals surface area contributed by atoms with Crippen LogP contribution in [0.3, 0.4) is 0 Å². The van der Waals surface area contributed by atoms with E-state index >= 15 is 0 Å². The van der Waals surface area contributed by atoms with Crippen molar-refractivity contribution in [3.05, 3.63) is 63.8 Å². The number of aromatic nitrogens is 2. The lowest BCUT2D eigenvalue weighted by atomic mass is 9.98. The maximum absolute atomic E-state index is 13.0. The van der Waals surface area contributed by atoms with Crippen molar-refractivity contribution in [2.24, 2.45) is 7.05 Å². The van der Waals surface area contributed by atoms with Gasteiger partial charge in [-0.2, -0.15) is 5.10 Å². The number of aryl methyl sites for hydroxylation is 1. The molecule has 7 nitrogen and oxygen atoms in total. The van der Waals surface area contributed by atoms with Gasteiger partial charge in [0.1, 0.15) is 6.04 Å². The predicted octanol–water partition coefficient (Wildman–Crippen LogP) is 3.82. The molecule has 0 spiro atoms. The molecule has 3 aromatic rings. The quantitative estimate of drug-likeness (QED) is 0.592. The Hall–Kier alpha value is -3.16. The predicted molar refractivity (Wildman–Crippen MR) is 120 cm³/mol. The van der Waals surface area contributed by atoms with Gasteiger partial charge in [-0.05, 0) is 47.9 Å². The summed E-state index contributed by atoms with van der Waals surface area (Å²) in [4.78, 5) is 38.2. The Morgan fingerprint density at radius 3 is 2.47 bits per heavy atom. The van der Waals surface area contributed by atoms with E-state index in [-0.39, 0.29) is 18.2 Å². The van der Waals surface area contributed by atoms with Crippen molar-refractivity contribution in [3.8, 4) is 22.4 Å². The number of carbonyl (C=O) groups is 3. The summed E-state index contributed by atoms with van der Waals surface area (Å²) in [6.45, 7) is 0.312. The van der Waals surface area contributed by atoms with Crippen LogP contribution in [0.25, 0.3) is 22.4 Å². The van der Waals surface area contributed by atoms with E-state index < -0.39 is 11.9 Å². The highest BCUT2D eigenvalue weighted by Crippen LogP contribution is 2.37. The van der Waals surface area contributed by atoms with Gasteiger partial charge in [0, 0.05) is 46.7 Å². The molecule has 1 N–H and O–H groups in total. The maximum atomic E-state index is 13.0. The molecule has 0 aliphatic carbocycles. The number of fused-ring (bicyclic) bond motifs is 1. The monoisotopic (exact) mass is 468 g/mol. The first-order chi connectivity index (χ1) is 15.3. The number of halogens is 2. The summed E-state index contributed by atoms with van der Waals surface area (Å²) in [6, 6.07) is 10.3. The zero-order chi connectivity index (χ0) is 22.6. The summed E-state index contributed by atoms with van der Waals surface area (Å²) >= 11 is 12.4. The molecule has 9 heteroatoms. The molecule has 2 aromatic carbocycles. The number of hydrogen-bond donors (Lipinski definition) is 1. The van der Waals surface area contributed by atoms with Gasteiger partial charge in [-0.25, -0.2) is 0 Å². The van der Waals surface area contributed by atoms with Crippen LogP contribution in [-0.4, -0.2) is 38.4 Å². The van der Waals surface area contributed by atoms with E-state index in [0.717, 1.165) is 27.9 Å². The fourth-order valence-corrected chi connectivity index (χ4v) is 4.95. The van der Waals surface area contributed by atoms with E-state index in [1.165, 1.54) is 4.90 Å². The Kier molecular flexibility index (Phi) is 5.03. The number of imide groups is 1. The van der Waals surface area contributed by atoms with Crippen LogP contribution in [0.2, 0.25) is 10.0 Å². The summed E-state index contributed by atoms with van der Waals surface area (Å²) in [5, 5.41) is 7.79. The van der Waals surface area contributed by atoms with Crippen molar-refractivity contribution in [1.29, 1.82) is 0 Å². The number of nitrogens with one attached hydrogen (secondary N) is 1. The van der Waals surface area contributed by atoms with Crippen molar-refractivity contribution in [2.75, 3.05) is 0 Å². The highest BCUT2D eigenvalue weighted by molar-refractivity contribution is 6.35. The standard InChI is InChI=1S/C23H18Cl2N4O3/c1-28-21(13-7-15(24)9-16(25)8-13)18(10-26-28)12-2-3-17-14(6-12)11-29(23(17)32)19-4-5-20(30)27-22(19)31/h2-3,6-10,19H,4-5,11H2,1H3,(H,27,30,31). The van der Waals surface area contributed by atoms with E-state index in [1.807, 2.05) is 31.3 Å². The molecule has 0 radical (unpaired) electrons. The Balaban J connectivity index is 1.51. The zero-order valence-corrected chi connectivity index (χ0v) is 18.6. The minimum absolute atomic E-state index is 0.200. The Morgan fingerprint density at radius 2 is 1.75 bits per heavy atom. The first-order valence-electron chi connectivity index (χ1n) is 10.1. The topological polar surface area (TPSA) is 84.3 Å². The average molecular weight is 469 g/mol. The molecule has 5 rings (SSSR count). The molecule has 3 heterocycles. The van der Waals surface area contributed by atoms with Crippen LogP contribution in [-0.2, 0) is 23.2 Å². The third-order valence-electron chi connectivity index (χ3n) is 5.91. The Labute approximate surface area is 193 Å². The Morgan fingerprint density at radius 1 is 1.00 bits per heavy atom. The van der Waals surface area contributed by atoms with Crippen LogP contribution in [0.5, 0.6) is 0 Å². The second kappa shape index (κ2) is 7.76. The summed E-state index contributed by atoms with van der Waals surface area (Å²) in [7, 11) is 1.84. The summed E-state index contributed by atoms with van der Waals surface area (Å²) in [6.07, 6.45) is 2.32. The van der Waals surface area contributed by atoms with Crippen molar-refractivity contribution >= 4 is 40.9 Å². The average Bonchev–Trinajstić information content (AvgIpc) is 3.27. The highest BCUT2D eigenvalue weighted by Gasteiger charge is 2.39. The normalized spacial score (nSPS) is 18.2. The van der Waals surface area contributed by atoms with Gasteiger partial charge >= 0.3 is 0 Å². The zero-order valence-electron chi connectivity index (χ0n) is 17.1. The van der Waals surface area contributed by atoms with Crippen molar-refractivity contribution in [2.45, 2.75) is 25.4 Å². The summed E-state index contributed by atoms with van der Waals surface area (Å²) in [5.41, 5.74) is 4.84. The number of hydrogen-bond acceptors (Lipinski definition) is 4. The summed E-state index contributed by atoms with van der Waals surface area (Å²) < 4.78 is 1.76. The smallest absolute Gasteiger partial charge is 0.255 e. The van der Waals surface area contributed by atoms with E-state index in [4.69, 9.17) is 23.2 Å². The molecule has 2 aliphatic heterocycles. The maximum Gasteiger partial charge on any atom is 0.255 e. The van der Waals surface area contributed by atoms with Crippen LogP contribution in [0, 0.1) is 0 Å². The van der Waals surface area contributed by atoms with E-state index in [9.17, 15) is 14.4 Å². The third-order valence-corrected chi connectivity index (χ3v) is 6.35. The number of rotatable bonds is 3. The van der Waals surface area contributed by atoms with Gasteiger partial charge in [-0.15, -0.1) is 0 Å². The second-order valence-electron chi connectivity index (χ2n) is 7.96. The number of amides is 3. The van der Waals surface area contributed by atoms with Crippen molar-refractivity contribution < 1.29 is 14.4 Å². The van der Waals surface area contributed by atoms with E-state index in [1.54, 1.807) is 23.0 Å². The molecule has 1 atom stereocenters. The van der Waals surface area contributed by atoms with Crippen LogP contribution >= 0.6 is 23.2 Å². The number of piperidine rings is 1. The molecule has 0 bridgehead atoms. The van der Waals surface area contributed by atoms with Gasteiger partial charge in [0.25, 0.3) is 5.91 Å². The SMILES string of the molecule is Cn1ncc(-c2ccc3c(c2)CN(C2CCC(=O)NC2=O)C3=O)c1-c1cc(Cl)cc(Cl)c1. The van der Waals surface area contributed by atoms with Gasteiger partial charge in [0.15, 0.2) is 0 Å². The molecule has 1 unspecified atom stereocenters. The van der Waals surface area contributed by atoms with E-state index in [2.05, 4.69) is 10.4 Å². The van der Waals surface area contributed by atoms with Crippen molar-refractivity contribution in [1.82, 2.24) is 20.0 Å². The van der Waals surface area contributed by atoms with Crippen LogP contribution in [0.15, 0.2) is 42.6 Å². The summed E-state index contributed by atoms with van der Waals surface area (Å²) in [5.74, 6) is -0.924. The lowest BCUT2D eigenvalue weighted by Gasteiger charge is -2.29. The molecular formula is C23H18Cl2N4O3. The lowest BCUT2D eigenvalue weighted by molar-refractivity contribution is -0.136. The molecule has 1 fully saturated rings. The third kappa shape index (κ3) is 3.47. The fraction of sp³-hybridized carbons (Fsp3) is 0.217. The van der Waals surface area contributed by atoms with Crippen LogP contribution in [0.1, 0.15) is 28.8 Å². The largest absolute Gasteiger partial charge is 0.322 e. The van der Waals surface area contributed by atoms with Gasteiger partial charge in [-0.3, -0.25) is 24.4 Å². The number of benzene rings is 2. The van der Waals surface area contributed by atoms with E-state index in [0.29, 0.717) is 28.6 Å². The van der Waals surface area contributed by atoms with Gasteiger partial charge in [0.05, 0.1) is 11.9 Å². The lowest BCUT2D eigenvalue weighted by Crippen LogP contribution is -2.52. The fourth-order valence-electron chi connectivity index (χ4n) is 4.42. The molecule has 2 aliphatic rings. The van der Waals surface area contributed by atoms with Crippen LogP contribution < -0.4 is 5.32 Å². The first-order valence-corrected chi connectivity index (χ1v) is 10.8. The first kappa shape index (κ1) is 20.7. The molecule has 1 aromatic heterocycles. The minimum Gasteiger partial charge on any atom is -0.322 e. The number of nitrogens with zero attached hydrogens (tertiary/aromatic N) is 3. The minimum atomic E-state index is -0.640.